The molecule has 1 aliphatic carbocycles. The fourth-order valence-electron chi connectivity index (χ4n) is 2.29. The lowest BCUT2D eigenvalue weighted by atomic mass is 10.1. The molecule has 0 bridgehead atoms. The Kier molecular flexibility index (Phi) is 2.59. The van der Waals surface area contributed by atoms with E-state index in [9.17, 15) is 10.1 Å². The number of carbonyl (C=O) groups is 1. The Morgan fingerprint density at radius 3 is 2.95 bits per heavy atom. The lowest BCUT2D eigenvalue weighted by molar-refractivity contribution is -0.121. The van der Waals surface area contributed by atoms with Crippen molar-refractivity contribution in [2.75, 3.05) is 30.4 Å². The van der Waals surface area contributed by atoms with Crippen molar-refractivity contribution >= 4 is 17.3 Å². The number of anilines is 2. The fourth-order valence-corrected chi connectivity index (χ4v) is 2.29. The number of ether oxygens (including phenoxy) is 1. The van der Waals surface area contributed by atoms with Crippen LogP contribution in [0.2, 0.25) is 0 Å². The predicted octanol–water partition coefficient (Wildman–Crippen LogP) is 1.76. The highest BCUT2D eigenvalue weighted by Gasteiger charge is 2.46. The highest BCUT2D eigenvalue weighted by Crippen LogP contribution is 2.47. The average Bonchev–Trinajstić information content (AvgIpc) is 3.22. The first kappa shape index (κ1) is 11.8. The Balaban J connectivity index is 1.96. The molecule has 2 aliphatic rings. The molecule has 98 valence electrons. The van der Waals surface area contributed by atoms with Crippen molar-refractivity contribution in [2.45, 2.75) is 12.8 Å². The van der Waals surface area contributed by atoms with Crippen LogP contribution in [0.25, 0.3) is 0 Å². The largest absolute Gasteiger partial charge is 0.482 e. The molecule has 5 nitrogen and oxygen atoms in total. The molecular weight excluding hydrogens is 242 g/mol. The topological polar surface area (TPSA) is 65.4 Å². The molecule has 1 aromatic rings. The molecule has 1 fully saturated rings. The van der Waals surface area contributed by atoms with Gasteiger partial charge in [0.1, 0.15) is 5.75 Å². The number of nitrogens with zero attached hydrogens (tertiary/aromatic N) is 2. The van der Waals surface area contributed by atoms with Gasteiger partial charge in [-0.05, 0) is 31.0 Å². The summed E-state index contributed by atoms with van der Waals surface area (Å²) in [4.78, 5) is 13.7. The zero-order chi connectivity index (χ0) is 13.5. The SMILES string of the molecule is CNc1ccc2c(c1)N(CC1(C#N)CC1)C(=O)CO2. The van der Waals surface area contributed by atoms with Gasteiger partial charge < -0.3 is 15.0 Å². The van der Waals surface area contributed by atoms with Crippen LogP contribution in [-0.2, 0) is 4.79 Å². The first-order valence-electron chi connectivity index (χ1n) is 6.34. The van der Waals surface area contributed by atoms with Crippen LogP contribution in [0, 0.1) is 16.7 Å². The molecule has 1 heterocycles. The Labute approximate surface area is 111 Å². The molecule has 1 amide bonds. The summed E-state index contributed by atoms with van der Waals surface area (Å²) in [5, 5.41) is 12.2. The Morgan fingerprint density at radius 1 is 1.53 bits per heavy atom. The lowest BCUT2D eigenvalue weighted by Crippen LogP contribution is -2.42. The second-order valence-corrected chi connectivity index (χ2v) is 5.09. The van der Waals surface area contributed by atoms with E-state index in [0.29, 0.717) is 12.3 Å². The number of rotatable bonds is 3. The summed E-state index contributed by atoms with van der Waals surface area (Å²) >= 11 is 0. The number of nitriles is 1. The van der Waals surface area contributed by atoms with Gasteiger partial charge >= 0.3 is 0 Å². The third kappa shape index (κ3) is 1.99. The Bertz CT molecular complexity index is 573. The summed E-state index contributed by atoms with van der Waals surface area (Å²) in [6, 6.07) is 7.98. The normalized spacial score (nSPS) is 19.2. The van der Waals surface area contributed by atoms with Crippen LogP contribution in [0.15, 0.2) is 18.2 Å². The van der Waals surface area contributed by atoms with Gasteiger partial charge in [-0.15, -0.1) is 0 Å². The standard InChI is InChI=1S/C14H15N3O2/c1-16-10-2-3-12-11(6-10)17(13(18)7-19-12)9-14(8-15)4-5-14/h2-3,6,16H,4-5,7,9H2,1H3. The molecule has 0 aromatic heterocycles. The Hall–Kier alpha value is -2.22. The first-order valence-corrected chi connectivity index (χ1v) is 6.34. The molecule has 0 atom stereocenters. The lowest BCUT2D eigenvalue weighted by Gasteiger charge is -2.31. The summed E-state index contributed by atoms with van der Waals surface area (Å²) in [6.07, 6.45) is 1.74. The molecule has 5 heteroatoms. The van der Waals surface area contributed by atoms with Gasteiger partial charge in [0.2, 0.25) is 0 Å². The van der Waals surface area contributed by atoms with Gasteiger partial charge in [-0.25, -0.2) is 0 Å². The smallest absolute Gasteiger partial charge is 0.265 e. The summed E-state index contributed by atoms with van der Waals surface area (Å²) in [7, 11) is 1.83. The van der Waals surface area contributed by atoms with Gasteiger partial charge in [0.25, 0.3) is 5.91 Å². The van der Waals surface area contributed by atoms with Crippen LogP contribution in [0.1, 0.15) is 12.8 Å². The van der Waals surface area contributed by atoms with Crippen LogP contribution in [0.3, 0.4) is 0 Å². The number of carbonyl (C=O) groups excluding carboxylic acids is 1. The van der Waals surface area contributed by atoms with Crippen LogP contribution in [0.4, 0.5) is 11.4 Å². The molecule has 1 N–H and O–H groups in total. The molecule has 19 heavy (non-hydrogen) atoms. The van der Waals surface area contributed by atoms with Gasteiger partial charge in [0.05, 0.1) is 17.2 Å². The van der Waals surface area contributed by atoms with Crippen LogP contribution in [-0.4, -0.2) is 26.1 Å². The summed E-state index contributed by atoms with van der Waals surface area (Å²) in [5.74, 6) is 0.620. The quantitative estimate of drug-likeness (QED) is 0.896. The molecule has 0 unspecified atom stereocenters. The van der Waals surface area contributed by atoms with E-state index in [4.69, 9.17) is 4.74 Å². The number of amides is 1. The average molecular weight is 257 g/mol. The van der Waals surface area contributed by atoms with E-state index < -0.39 is 0 Å². The van der Waals surface area contributed by atoms with E-state index in [0.717, 1.165) is 24.2 Å². The minimum Gasteiger partial charge on any atom is -0.482 e. The van der Waals surface area contributed by atoms with Crippen molar-refractivity contribution in [1.29, 1.82) is 5.26 Å². The number of hydrogen-bond acceptors (Lipinski definition) is 4. The number of benzene rings is 1. The van der Waals surface area contributed by atoms with Crippen molar-refractivity contribution in [3.05, 3.63) is 18.2 Å². The van der Waals surface area contributed by atoms with Crippen molar-refractivity contribution in [3.8, 4) is 11.8 Å². The van der Waals surface area contributed by atoms with E-state index in [1.54, 1.807) is 4.90 Å². The summed E-state index contributed by atoms with van der Waals surface area (Å²) in [5.41, 5.74) is 1.33. The van der Waals surface area contributed by atoms with E-state index in [2.05, 4.69) is 11.4 Å². The van der Waals surface area contributed by atoms with E-state index >= 15 is 0 Å². The van der Waals surface area contributed by atoms with E-state index in [1.165, 1.54) is 0 Å². The third-order valence-corrected chi connectivity index (χ3v) is 3.74. The summed E-state index contributed by atoms with van der Waals surface area (Å²) < 4.78 is 5.43. The molecule has 1 aromatic carbocycles. The van der Waals surface area contributed by atoms with Gasteiger partial charge in [-0.2, -0.15) is 5.26 Å². The van der Waals surface area contributed by atoms with Crippen molar-refractivity contribution in [2.24, 2.45) is 5.41 Å². The second-order valence-electron chi connectivity index (χ2n) is 5.09. The molecule has 1 aliphatic heterocycles. The molecule has 1 saturated carbocycles. The van der Waals surface area contributed by atoms with E-state index in [1.807, 2.05) is 25.2 Å². The second kappa shape index (κ2) is 4.16. The Morgan fingerprint density at radius 2 is 2.32 bits per heavy atom. The van der Waals surface area contributed by atoms with Crippen LogP contribution >= 0.6 is 0 Å². The third-order valence-electron chi connectivity index (χ3n) is 3.74. The number of fused-ring (bicyclic) bond motifs is 1. The maximum atomic E-state index is 12.0. The predicted molar refractivity (Wildman–Crippen MR) is 71.1 cm³/mol. The molecular formula is C14H15N3O2. The monoisotopic (exact) mass is 257 g/mol. The van der Waals surface area contributed by atoms with Crippen LogP contribution < -0.4 is 15.0 Å². The highest BCUT2D eigenvalue weighted by atomic mass is 16.5. The van der Waals surface area contributed by atoms with Gasteiger partial charge in [-0.3, -0.25) is 4.79 Å². The van der Waals surface area contributed by atoms with Crippen molar-refractivity contribution in [1.82, 2.24) is 0 Å². The fraction of sp³-hybridized carbons (Fsp3) is 0.429. The number of hydrogen-bond donors (Lipinski definition) is 1. The molecule has 3 rings (SSSR count). The van der Waals surface area contributed by atoms with Crippen molar-refractivity contribution in [3.63, 3.8) is 0 Å². The summed E-state index contributed by atoms with van der Waals surface area (Å²) in [6.45, 7) is 0.513. The zero-order valence-electron chi connectivity index (χ0n) is 10.8. The van der Waals surface area contributed by atoms with E-state index in [-0.39, 0.29) is 17.9 Å². The van der Waals surface area contributed by atoms with Gasteiger partial charge in [0, 0.05) is 19.3 Å². The van der Waals surface area contributed by atoms with Crippen LogP contribution in [0.5, 0.6) is 5.75 Å². The van der Waals surface area contributed by atoms with Crippen molar-refractivity contribution < 1.29 is 9.53 Å². The van der Waals surface area contributed by atoms with Gasteiger partial charge in [-0.1, -0.05) is 0 Å². The molecule has 0 saturated heterocycles. The number of nitrogens with one attached hydrogen (secondary N) is 1. The first-order chi connectivity index (χ1) is 9.17. The minimum absolute atomic E-state index is 0.0490. The minimum atomic E-state index is -0.347. The maximum Gasteiger partial charge on any atom is 0.265 e. The molecule has 0 radical (unpaired) electrons. The zero-order valence-corrected chi connectivity index (χ0v) is 10.8. The molecule has 0 spiro atoms. The highest BCUT2D eigenvalue weighted by molar-refractivity contribution is 5.98. The van der Waals surface area contributed by atoms with Gasteiger partial charge in [0.15, 0.2) is 6.61 Å². The maximum absolute atomic E-state index is 12.0.